The summed E-state index contributed by atoms with van der Waals surface area (Å²) in [7, 11) is 2.03. The van der Waals surface area contributed by atoms with Crippen molar-refractivity contribution in [2.45, 2.75) is 45.3 Å². The highest BCUT2D eigenvalue weighted by Gasteiger charge is 2.29. The van der Waals surface area contributed by atoms with Gasteiger partial charge in [0.05, 0.1) is 6.10 Å². The Hall–Kier alpha value is -0.120. The normalized spacial score (nSPS) is 15.0. The Morgan fingerprint density at radius 2 is 1.85 bits per heavy atom. The minimum atomic E-state index is -0.283. The Kier molecular flexibility index (Phi) is 5.53. The van der Waals surface area contributed by atoms with Crippen LogP contribution in [-0.4, -0.2) is 41.8 Å². The van der Waals surface area contributed by atoms with Crippen LogP contribution in [0.15, 0.2) is 0 Å². The summed E-state index contributed by atoms with van der Waals surface area (Å²) in [5.74, 6) is 0. The molecule has 0 spiro atoms. The van der Waals surface area contributed by atoms with Crippen molar-refractivity contribution in [3.8, 4) is 0 Å². The third-order valence-corrected chi connectivity index (χ3v) is 3.04. The molecule has 1 atom stereocenters. The van der Waals surface area contributed by atoms with E-state index in [0.717, 1.165) is 12.8 Å². The molecule has 3 heteroatoms. The zero-order valence-electron chi connectivity index (χ0n) is 9.38. The largest absolute Gasteiger partial charge is 0.392 e. The third kappa shape index (κ3) is 3.25. The zero-order valence-corrected chi connectivity index (χ0v) is 9.38. The molecule has 0 saturated carbocycles. The van der Waals surface area contributed by atoms with Gasteiger partial charge in [-0.15, -0.1) is 0 Å². The van der Waals surface area contributed by atoms with Gasteiger partial charge in [-0.25, -0.2) is 0 Å². The van der Waals surface area contributed by atoms with Crippen molar-refractivity contribution < 1.29 is 5.11 Å². The van der Waals surface area contributed by atoms with E-state index < -0.39 is 0 Å². The number of likely N-dealkylation sites (N-methyl/N-ethyl adjacent to an activating group) is 1. The quantitative estimate of drug-likeness (QED) is 0.649. The van der Waals surface area contributed by atoms with Crippen LogP contribution in [-0.2, 0) is 0 Å². The highest BCUT2D eigenvalue weighted by Crippen LogP contribution is 2.21. The van der Waals surface area contributed by atoms with Gasteiger partial charge in [0.1, 0.15) is 0 Å². The first-order valence-corrected chi connectivity index (χ1v) is 5.11. The Balaban J connectivity index is 4.34. The summed E-state index contributed by atoms with van der Waals surface area (Å²) >= 11 is 0. The predicted octanol–water partition coefficient (Wildman–Crippen LogP) is 0.817. The molecule has 0 aromatic carbocycles. The van der Waals surface area contributed by atoms with Crippen molar-refractivity contribution in [2.24, 2.45) is 5.73 Å². The van der Waals surface area contributed by atoms with E-state index in [1.165, 1.54) is 0 Å². The fraction of sp³-hybridized carbons (Fsp3) is 1.00. The molecule has 0 aliphatic rings. The van der Waals surface area contributed by atoms with Crippen LogP contribution in [0.1, 0.15) is 33.6 Å². The van der Waals surface area contributed by atoms with E-state index in [0.29, 0.717) is 13.1 Å². The first-order chi connectivity index (χ1) is 6.02. The summed E-state index contributed by atoms with van der Waals surface area (Å²) in [5, 5.41) is 9.29. The molecule has 0 bridgehead atoms. The maximum atomic E-state index is 9.29. The molecule has 13 heavy (non-hydrogen) atoms. The minimum absolute atomic E-state index is 0.0665. The summed E-state index contributed by atoms with van der Waals surface area (Å²) < 4.78 is 0. The molecule has 3 nitrogen and oxygen atoms in total. The van der Waals surface area contributed by atoms with Crippen LogP contribution < -0.4 is 5.73 Å². The van der Waals surface area contributed by atoms with Gasteiger partial charge in [-0.3, -0.25) is 4.90 Å². The van der Waals surface area contributed by atoms with E-state index in [1.807, 2.05) is 14.0 Å². The predicted molar refractivity (Wildman–Crippen MR) is 56.7 cm³/mol. The van der Waals surface area contributed by atoms with Crippen LogP contribution in [0, 0.1) is 0 Å². The lowest BCUT2D eigenvalue weighted by molar-refractivity contribution is 0.0594. The lowest BCUT2D eigenvalue weighted by Gasteiger charge is -2.40. The molecule has 0 heterocycles. The molecule has 0 aromatic heterocycles. The molecule has 0 aromatic rings. The lowest BCUT2D eigenvalue weighted by atomic mass is 9.91. The third-order valence-electron chi connectivity index (χ3n) is 3.04. The van der Waals surface area contributed by atoms with Crippen LogP contribution in [0.25, 0.3) is 0 Å². The SMILES string of the molecule is CCC(CC)(CN)N(C)CC(C)O. The smallest absolute Gasteiger partial charge is 0.0639 e. The number of hydrogen-bond acceptors (Lipinski definition) is 3. The van der Waals surface area contributed by atoms with E-state index in [9.17, 15) is 5.11 Å². The van der Waals surface area contributed by atoms with Crippen molar-refractivity contribution in [3.63, 3.8) is 0 Å². The summed E-state index contributed by atoms with van der Waals surface area (Å²) in [6.45, 7) is 7.45. The Morgan fingerprint density at radius 3 is 2.08 bits per heavy atom. The monoisotopic (exact) mass is 188 g/mol. The maximum Gasteiger partial charge on any atom is 0.0639 e. The number of aliphatic hydroxyl groups is 1. The number of aliphatic hydroxyl groups excluding tert-OH is 1. The van der Waals surface area contributed by atoms with Gasteiger partial charge in [0.25, 0.3) is 0 Å². The molecule has 0 aliphatic heterocycles. The molecule has 0 radical (unpaired) electrons. The first-order valence-electron chi connectivity index (χ1n) is 5.11. The van der Waals surface area contributed by atoms with Crippen molar-refractivity contribution in [1.82, 2.24) is 4.90 Å². The highest BCUT2D eigenvalue weighted by atomic mass is 16.3. The van der Waals surface area contributed by atoms with Gasteiger partial charge in [-0.05, 0) is 26.8 Å². The van der Waals surface area contributed by atoms with Crippen LogP contribution in [0.2, 0.25) is 0 Å². The number of β-amino-alcohol motifs (C(OH)–C–C–N with tert-alkyl or cyclic N) is 1. The summed E-state index contributed by atoms with van der Waals surface area (Å²) in [6, 6.07) is 0. The molecule has 1 unspecified atom stereocenters. The van der Waals surface area contributed by atoms with Crippen molar-refractivity contribution in [3.05, 3.63) is 0 Å². The van der Waals surface area contributed by atoms with Gasteiger partial charge < -0.3 is 10.8 Å². The van der Waals surface area contributed by atoms with Gasteiger partial charge in [-0.2, -0.15) is 0 Å². The minimum Gasteiger partial charge on any atom is -0.392 e. The Labute approximate surface area is 81.9 Å². The average Bonchev–Trinajstić information content (AvgIpc) is 2.07. The molecule has 0 rings (SSSR count). The Bertz CT molecular complexity index is 125. The van der Waals surface area contributed by atoms with Crippen molar-refractivity contribution in [1.29, 1.82) is 0 Å². The summed E-state index contributed by atoms with van der Waals surface area (Å²) in [5.41, 5.74) is 5.85. The van der Waals surface area contributed by atoms with Crippen LogP contribution in [0.3, 0.4) is 0 Å². The fourth-order valence-electron chi connectivity index (χ4n) is 1.82. The summed E-state index contributed by atoms with van der Waals surface area (Å²) in [6.07, 6.45) is 1.78. The fourth-order valence-corrected chi connectivity index (χ4v) is 1.82. The standard InChI is InChI=1S/C10H24N2O/c1-5-10(6-2,8-11)12(4)7-9(3)13/h9,13H,5-8,11H2,1-4H3. The molecule has 0 saturated heterocycles. The van der Waals surface area contributed by atoms with Crippen LogP contribution in [0.5, 0.6) is 0 Å². The van der Waals surface area contributed by atoms with Gasteiger partial charge in [0.2, 0.25) is 0 Å². The first kappa shape index (κ1) is 12.9. The van der Waals surface area contributed by atoms with E-state index in [-0.39, 0.29) is 11.6 Å². The highest BCUT2D eigenvalue weighted by molar-refractivity contribution is 4.88. The van der Waals surface area contributed by atoms with E-state index in [2.05, 4.69) is 18.7 Å². The number of nitrogens with two attached hydrogens (primary N) is 1. The van der Waals surface area contributed by atoms with Crippen LogP contribution >= 0.6 is 0 Å². The molecular formula is C10H24N2O. The van der Waals surface area contributed by atoms with Crippen molar-refractivity contribution in [2.75, 3.05) is 20.1 Å². The number of rotatable bonds is 6. The van der Waals surface area contributed by atoms with Crippen molar-refractivity contribution >= 4 is 0 Å². The molecule has 0 amide bonds. The van der Waals surface area contributed by atoms with Gasteiger partial charge in [0.15, 0.2) is 0 Å². The zero-order chi connectivity index (χ0) is 10.5. The average molecular weight is 188 g/mol. The van der Waals surface area contributed by atoms with E-state index in [4.69, 9.17) is 5.73 Å². The molecule has 0 fully saturated rings. The van der Waals surface area contributed by atoms with Crippen LogP contribution in [0.4, 0.5) is 0 Å². The molecular weight excluding hydrogens is 164 g/mol. The second-order valence-corrected chi connectivity index (χ2v) is 3.87. The summed E-state index contributed by atoms with van der Waals surface area (Å²) in [4.78, 5) is 2.18. The second-order valence-electron chi connectivity index (χ2n) is 3.87. The topological polar surface area (TPSA) is 49.5 Å². The Morgan fingerprint density at radius 1 is 1.38 bits per heavy atom. The number of hydrogen-bond donors (Lipinski definition) is 2. The lowest BCUT2D eigenvalue weighted by Crippen LogP contribution is -2.53. The van der Waals surface area contributed by atoms with Gasteiger partial charge in [-0.1, -0.05) is 13.8 Å². The van der Waals surface area contributed by atoms with Gasteiger partial charge in [0, 0.05) is 18.6 Å². The van der Waals surface area contributed by atoms with E-state index >= 15 is 0 Å². The molecule has 3 N–H and O–H groups in total. The molecule has 80 valence electrons. The molecule has 0 aliphatic carbocycles. The maximum absolute atomic E-state index is 9.29. The second kappa shape index (κ2) is 5.58. The van der Waals surface area contributed by atoms with Gasteiger partial charge >= 0.3 is 0 Å². The van der Waals surface area contributed by atoms with E-state index in [1.54, 1.807) is 0 Å². The number of nitrogens with zero attached hydrogens (tertiary/aromatic N) is 1.